The molecule has 1 N–H and O–H groups in total. The minimum absolute atomic E-state index is 0.260. The van der Waals surface area contributed by atoms with Gasteiger partial charge in [-0.25, -0.2) is 9.18 Å². The van der Waals surface area contributed by atoms with E-state index in [1.54, 1.807) is 13.1 Å². The van der Waals surface area contributed by atoms with Gasteiger partial charge in [0.1, 0.15) is 0 Å². The van der Waals surface area contributed by atoms with E-state index in [2.05, 4.69) is 4.94 Å². The summed E-state index contributed by atoms with van der Waals surface area (Å²) in [6.07, 6.45) is -2.73. The van der Waals surface area contributed by atoms with Crippen molar-refractivity contribution in [3.8, 4) is 0 Å². The number of H-pyrrole nitrogens is 1. The molecule has 35 heavy (non-hydrogen) atoms. The smallest absolute Gasteiger partial charge is 0.330 e. The van der Waals surface area contributed by atoms with Crippen LogP contribution in [-0.2, 0) is 23.3 Å². The fourth-order valence-corrected chi connectivity index (χ4v) is 5.47. The van der Waals surface area contributed by atoms with E-state index in [-0.39, 0.29) is 5.04 Å². The number of hydrogen-bond acceptors (Lipinski definition) is 7. The lowest BCUT2D eigenvalue weighted by atomic mass is 9.96. The molecule has 1 aromatic rings. The predicted octanol–water partition coefficient (Wildman–Crippen LogP) is 3.98. The Hall–Kier alpha value is -1.52. The van der Waals surface area contributed by atoms with Crippen LogP contribution in [0.4, 0.5) is 8.92 Å². The van der Waals surface area contributed by atoms with Gasteiger partial charge >= 0.3 is 11.5 Å². The first kappa shape index (κ1) is 29.7. The van der Waals surface area contributed by atoms with E-state index >= 15 is 4.39 Å². The number of aromatic nitrogens is 2. The van der Waals surface area contributed by atoms with Crippen LogP contribution in [0.5, 0.6) is 0 Å². The first-order valence-electron chi connectivity index (χ1n) is 11.4. The Balaban J connectivity index is 2.71. The van der Waals surface area contributed by atoms with E-state index in [4.69, 9.17) is 13.6 Å². The van der Waals surface area contributed by atoms with Crippen molar-refractivity contribution in [2.24, 2.45) is 0 Å². The largest absolute Gasteiger partial charge is 0.413 e. The third-order valence-corrected chi connectivity index (χ3v) is 16.5. The lowest BCUT2D eigenvalue weighted by Crippen LogP contribution is -2.60. The second-order valence-electron chi connectivity index (χ2n) is 12.1. The summed E-state index contributed by atoms with van der Waals surface area (Å²) in [4.78, 5) is 42.4. The van der Waals surface area contributed by atoms with Crippen LogP contribution in [0.2, 0.25) is 36.3 Å². The molecule has 0 bridgehead atoms. The predicted molar refractivity (Wildman–Crippen MR) is 131 cm³/mol. The molecule has 200 valence electrons. The summed E-state index contributed by atoms with van der Waals surface area (Å²) in [7, 11) is -5.35. The lowest BCUT2D eigenvalue weighted by molar-refractivity contribution is -0.339. The van der Waals surface area contributed by atoms with Crippen LogP contribution in [0.15, 0.2) is 21.9 Å². The highest BCUT2D eigenvalue weighted by Gasteiger charge is 2.71. The fourth-order valence-electron chi connectivity index (χ4n) is 3.14. The summed E-state index contributed by atoms with van der Waals surface area (Å²) in [6.45, 7) is 18.7. The maximum atomic E-state index is 16.5. The number of aromatic amines is 1. The van der Waals surface area contributed by atoms with Crippen molar-refractivity contribution in [1.29, 1.82) is 0 Å². The van der Waals surface area contributed by atoms with Gasteiger partial charge in [-0.3, -0.25) is 19.1 Å². The van der Waals surface area contributed by atoms with Gasteiger partial charge in [-0.2, -0.15) is 0 Å². The molecule has 1 saturated heterocycles. The molecule has 9 nitrogen and oxygen atoms in total. The highest BCUT2D eigenvalue weighted by molar-refractivity contribution is 6.74. The van der Waals surface area contributed by atoms with Crippen LogP contribution in [0, 0.1) is 0 Å². The number of hydrogen-bond donors (Lipinski definition) is 1. The van der Waals surface area contributed by atoms with Crippen LogP contribution in [0.1, 0.15) is 47.8 Å². The Bertz CT molecular complexity index is 1050. The lowest BCUT2D eigenvalue weighted by Gasteiger charge is -2.44. The number of halogens is 2. The zero-order valence-corrected chi connectivity index (χ0v) is 24.2. The molecule has 2 heterocycles. The van der Waals surface area contributed by atoms with Crippen LogP contribution in [0.3, 0.4) is 0 Å². The van der Waals surface area contributed by atoms with Gasteiger partial charge in [0.15, 0.2) is 34.6 Å². The first-order chi connectivity index (χ1) is 15.7. The Kier molecular flexibility index (Phi) is 7.99. The van der Waals surface area contributed by atoms with E-state index in [0.717, 1.165) is 12.3 Å². The minimum Gasteiger partial charge on any atom is -0.413 e. The van der Waals surface area contributed by atoms with Crippen molar-refractivity contribution in [1.82, 2.24) is 9.55 Å². The molecule has 0 spiro atoms. The molecule has 1 fully saturated rings. The number of ether oxygens (including phenoxy) is 1. The molecule has 1 aromatic heterocycles. The Morgan fingerprint density at radius 1 is 1.11 bits per heavy atom. The number of alkyl halides is 1. The number of carbonyl (C=O) groups is 1. The van der Waals surface area contributed by atoms with Crippen LogP contribution in [-0.4, -0.2) is 56.6 Å². The number of nitrogens with zero attached hydrogens (tertiary/aromatic N) is 1. The maximum Gasteiger partial charge on any atom is 0.330 e. The van der Waals surface area contributed by atoms with E-state index in [0.29, 0.717) is 10.9 Å². The number of aldehydes is 1. The summed E-state index contributed by atoms with van der Waals surface area (Å²) in [5.74, 6) is -3.41. The van der Waals surface area contributed by atoms with Gasteiger partial charge in [-0.05, 0) is 40.8 Å². The topological polar surface area (TPSA) is 109 Å². The summed E-state index contributed by atoms with van der Waals surface area (Å²) in [5.41, 5.74) is -3.96. The second kappa shape index (κ2) is 9.41. The quantitative estimate of drug-likeness (QED) is 0.395. The highest BCUT2D eigenvalue weighted by Crippen LogP contribution is 2.52. The van der Waals surface area contributed by atoms with Crippen LogP contribution < -0.4 is 11.2 Å². The monoisotopic (exact) mass is 536 g/mol. The molecule has 4 atom stereocenters. The molecular formula is C22H38F2N2O7Si2. The average Bonchev–Trinajstić information content (AvgIpc) is 2.94. The van der Waals surface area contributed by atoms with E-state index in [1.165, 1.54) is 0 Å². The van der Waals surface area contributed by atoms with Gasteiger partial charge in [-0.15, -0.1) is 4.94 Å². The maximum absolute atomic E-state index is 16.5. The van der Waals surface area contributed by atoms with Crippen molar-refractivity contribution >= 4 is 22.9 Å². The summed E-state index contributed by atoms with van der Waals surface area (Å²) in [6, 6.07) is 0.945. The molecule has 13 heteroatoms. The molecule has 0 amide bonds. The summed E-state index contributed by atoms with van der Waals surface area (Å²) in [5, 5.41) is -0.712. The van der Waals surface area contributed by atoms with Gasteiger partial charge in [-0.1, -0.05) is 41.5 Å². The second-order valence-corrected chi connectivity index (χ2v) is 21.7. The third-order valence-electron chi connectivity index (χ3n) is 7.57. The zero-order chi connectivity index (χ0) is 27.3. The van der Waals surface area contributed by atoms with Crippen molar-refractivity contribution in [2.75, 3.05) is 6.61 Å². The molecule has 0 radical (unpaired) electrons. The molecule has 0 saturated carbocycles. The van der Waals surface area contributed by atoms with Gasteiger partial charge in [0.05, 0.1) is 6.61 Å². The minimum atomic E-state index is -3.41. The van der Waals surface area contributed by atoms with Crippen molar-refractivity contribution < 1.29 is 32.2 Å². The van der Waals surface area contributed by atoms with Gasteiger partial charge in [0, 0.05) is 12.3 Å². The van der Waals surface area contributed by atoms with Crippen LogP contribution >= 0.6 is 0 Å². The van der Waals surface area contributed by atoms with Gasteiger partial charge in [0.2, 0.25) is 6.23 Å². The third kappa shape index (κ3) is 5.44. The van der Waals surface area contributed by atoms with E-state index in [1.807, 2.05) is 59.6 Å². The van der Waals surface area contributed by atoms with E-state index in [9.17, 15) is 18.9 Å². The SMILES string of the molecule is CC(C)(C)[Si](C)(C)OC[C@@]1(C=O)O[C@@H](n2ccc(=O)[nH]c2=O)[C@@](F)(OF)[C@@H]1O[Si](C)(C)C(C)(C)C. The number of carbonyl (C=O) groups excluding carboxylic acids is 1. The van der Waals surface area contributed by atoms with Gasteiger partial charge < -0.3 is 13.6 Å². The molecule has 1 aliphatic rings. The van der Waals surface area contributed by atoms with E-state index < -0.39 is 63.3 Å². The highest BCUT2D eigenvalue weighted by atomic mass is 28.4. The Morgan fingerprint density at radius 2 is 1.66 bits per heavy atom. The number of rotatable bonds is 8. The molecule has 1 aliphatic heterocycles. The molecule has 0 aromatic carbocycles. The van der Waals surface area contributed by atoms with Crippen molar-refractivity contribution in [3.63, 3.8) is 0 Å². The number of nitrogens with one attached hydrogen (secondary N) is 1. The zero-order valence-electron chi connectivity index (χ0n) is 22.2. The van der Waals surface area contributed by atoms with Crippen molar-refractivity contribution in [3.05, 3.63) is 33.1 Å². The summed E-state index contributed by atoms with van der Waals surface area (Å²) < 4.78 is 49.5. The Morgan fingerprint density at radius 3 is 2.09 bits per heavy atom. The fraction of sp³-hybridized carbons (Fsp3) is 0.773. The van der Waals surface area contributed by atoms with Gasteiger partial charge in [0.25, 0.3) is 5.56 Å². The van der Waals surface area contributed by atoms with Crippen molar-refractivity contribution in [2.45, 2.75) is 102 Å². The average molecular weight is 537 g/mol. The molecule has 2 rings (SSSR count). The normalized spacial score (nSPS) is 28.3. The molecule has 0 aliphatic carbocycles. The van der Waals surface area contributed by atoms with Crippen LogP contribution in [0.25, 0.3) is 0 Å². The molecular weight excluding hydrogens is 498 g/mol. The molecule has 0 unspecified atom stereocenters. The standard InChI is InChI=1S/C22H38F2N2O7Si2/c1-19(2,3)34(7,8)30-14-21(13-27)16(32-35(9,10)20(4,5)6)22(23,33-24)17(31-21)26-12-11-15(28)25-18(26)29/h11-13,16-17H,14H2,1-10H3,(H,25,28,29)/t16-,17-,21-,22+/m1/s1. The first-order valence-corrected chi connectivity index (χ1v) is 17.3. The Labute approximate surface area is 206 Å². The summed E-state index contributed by atoms with van der Waals surface area (Å²) >= 11 is 0.